The van der Waals surface area contributed by atoms with Crippen LogP contribution in [-0.4, -0.2) is 37.8 Å². The Morgan fingerprint density at radius 3 is 2.71 bits per heavy atom. The Balaban J connectivity index is 1.67. The third kappa shape index (κ3) is 5.19. The first-order valence-corrected chi connectivity index (χ1v) is 9.32. The molecule has 2 aromatic rings. The molecule has 3 rings (SSSR count). The van der Waals surface area contributed by atoms with Gasteiger partial charge in [0, 0.05) is 32.2 Å². The minimum absolute atomic E-state index is 0.179. The SMILES string of the molecule is CCNC(=NCCc1cc(F)cc2c1OCOC2)N(C)Cc1ccc(F)cc1. The van der Waals surface area contributed by atoms with Gasteiger partial charge >= 0.3 is 0 Å². The minimum Gasteiger partial charge on any atom is -0.467 e. The minimum atomic E-state index is -0.299. The van der Waals surface area contributed by atoms with Gasteiger partial charge < -0.3 is 19.7 Å². The quantitative estimate of drug-likeness (QED) is 0.607. The van der Waals surface area contributed by atoms with E-state index in [1.54, 1.807) is 12.1 Å². The number of benzene rings is 2. The topological polar surface area (TPSA) is 46.1 Å². The molecule has 0 radical (unpaired) electrons. The standard InChI is InChI=1S/C21H25F2N3O2/c1-3-24-21(26(2)12-15-4-6-18(22)7-5-15)25-9-8-16-10-19(23)11-17-13-27-14-28-20(16)17/h4-7,10-11H,3,8-9,12-14H2,1-2H3,(H,24,25). The van der Waals surface area contributed by atoms with Crippen molar-refractivity contribution in [1.29, 1.82) is 0 Å². The number of aliphatic imine (C=N–C) groups is 1. The van der Waals surface area contributed by atoms with E-state index in [0.717, 1.165) is 29.2 Å². The van der Waals surface area contributed by atoms with E-state index in [0.29, 0.717) is 31.9 Å². The van der Waals surface area contributed by atoms with E-state index in [4.69, 9.17) is 9.47 Å². The molecule has 1 N–H and O–H groups in total. The highest BCUT2D eigenvalue weighted by atomic mass is 19.1. The van der Waals surface area contributed by atoms with Crippen LogP contribution in [-0.2, 0) is 24.3 Å². The van der Waals surface area contributed by atoms with Gasteiger partial charge in [-0.3, -0.25) is 4.99 Å². The van der Waals surface area contributed by atoms with Crippen LogP contribution in [0, 0.1) is 11.6 Å². The number of rotatable bonds is 6. The van der Waals surface area contributed by atoms with Gasteiger partial charge in [-0.25, -0.2) is 8.78 Å². The van der Waals surface area contributed by atoms with Crippen LogP contribution in [0.4, 0.5) is 8.78 Å². The van der Waals surface area contributed by atoms with Crippen LogP contribution < -0.4 is 10.1 Å². The number of nitrogens with one attached hydrogen (secondary N) is 1. The molecule has 0 fully saturated rings. The molecule has 0 bridgehead atoms. The van der Waals surface area contributed by atoms with Crippen molar-refractivity contribution in [3.8, 4) is 5.75 Å². The molecule has 0 saturated heterocycles. The molecule has 1 aliphatic heterocycles. The van der Waals surface area contributed by atoms with Crippen molar-refractivity contribution in [3.05, 3.63) is 64.7 Å². The van der Waals surface area contributed by atoms with Crippen LogP contribution in [0.5, 0.6) is 5.75 Å². The average Bonchev–Trinajstić information content (AvgIpc) is 2.68. The fourth-order valence-corrected chi connectivity index (χ4v) is 3.13. The molecule has 0 amide bonds. The maximum absolute atomic E-state index is 13.9. The smallest absolute Gasteiger partial charge is 0.193 e. The van der Waals surface area contributed by atoms with Crippen LogP contribution in [0.25, 0.3) is 0 Å². The van der Waals surface area contributed by atoms with Gasteiger partial charge in [-0.15, -0.1) is 0 Å². The fraction of sp³-hybridized carbons (Fsp3) is 0.381. The highest BCUT2D eigenvalue weighted by molar-refractivity contribution is 5.79. The van der Waals surface area contributed by atoms with Gasteiger partial charge in [-0.2, -0.15) is 0 Å². The van der Waals surface area contributed by atoms with E-state index in [1.165, 1.54) is 24.3 Å². The Bertz CT molecular complexity index is 825. The Morgan fingerprint density at radius 1 is 1.18 bits per heavy atom. The van der Waals surface area contributed by atoms with Gasteiger partial charge in [0.05, 0.1) is 6.61 Å². The lowest BCUT2D eigenvalue weighted by Crippen LogP contribution is -2.38. The van der Waals surface area contributed by atoms with Gasteiger partial charge in [-0.05, 0) is 48.7 Å². The van der Waals surface area contributed by atoms with Crippen LogP contribution in [0.1, 0.15) is 23.6 Å². The van der Waals surface area contributed by atoms with E-state index in [1.807, 2.05) is 18.9 Å². The van der Waals surface area contributed by atoms with Crippen molar-refractivity contribution >= 4 is 5.96 Å². The lowest BCUT2D eigenvalue weighted by atomic mass is 10.1. The zero-order valence-corrected chi connectivity index (χ0v) is 16.2. The number of fused-ring (bicyclic) bond motifs is 1. The Morgan fingerprint density at radius 2 is 1.96 bits per heavy atom. The molecule has 0 saturated carbocycles. The summed E-state index contributed by atoms with van der Waals surface area (Å²) in [4.78, 5) is 6.62. The number of ether oxygens (including phenoxy) is 2. The van der Waals surface area contributed by atoms with Crippen molar-refractivity contribution < 1.29 is 18.3 Å². The molecule has 0 atom stereocenters. The van der Waals surface area contributed by atoms with Crippen LogP contribution in [0.2, 0.25) is 0 Å². The number of guanidine groups is 1. The van der Waals surface area contributed by atoms with Crippen LogP contribution in [0.15, 0.2) is 41.4 Å². The molecule has 1 heterocycles. The fourth-order valence-electron chi connectivity index (χ4n) is 3.13. The summed E-state index contributed by atoms with van der Waals surface area (Å²) in [7, 11) is 1.93. The summed E-state index contributed by atoms with van der Waals surface area (Å²) >= 11 is 0. The van der Waals surface area contributed by atoms with E-state index in [2.05, 4.69) is 10.3 Å². The molecular formula is C21H25F2N3O2. The van der Waals surface area contributed by atoms with E-state index < -0.39 is 0 Å². The summed E-state index contributed by atoms with van der Waals surface area (Å²) in [5, 5.41) is 3.25. The predicted octanol–water partition coefficient (Wildman–Crippen LogP) is 3.47. The molecule has 0 unspecified atom stereocenters. The summed E-state index contributed by atoms with van der Waals surface area (Å²) in [6, 6.07) is 9.35. The summed E-state index contributed by atoms with van der Waals surface area (Å²) < 4.78 is 37.7. The van der Waals surface area contributed by atoms with Crippen molar-refractivity contribution in [3.63, 3.8) is 0 Å². The largest absolute Gasteiger partial charge is 0.467 e. The first-order chi connectivity index (χ1) is 13.6. The van der Waals surface area contributed by atoms with Gasteiger partial charge in [0.15, 0.2) is 12.8 Å². The van der Waals surface area contributed by atoms with E-state index in [9.17, 15) is 8.78 Å². The lowest BCUT2D eigenvalue weighted by molar-refractivity contribution is -0.0172. The second-order valence-electron chi connectivity index (χ2n) is 6.63. The molecule has 2 aromatic carbocycles. The molecule has 0 aliphatic carbocycles. The van der Waals surface area contributed by atoms with Crippen molar-refractivity contribution in [2.45, 2.75) is 26.5 Å². The normalized spacial score (nSPS) is 13.6. The molecule has 150 valence electrons. The maximum Gasteiger partial charge on any atom is 0.193 e. The zero-order chi connectivity index (χ0) is 19.9. The number of hydrogen-bond donors (Lipinski definition) is 1. The molecule has 0 aromatic heterocycles. The van der Waals surface area contributed by atoms with E-state index in [-0.39, 0.29) is 18.4 Å². The second-order valence-corrected chi connectivity index (χ2v) is 6.63. The third-order valence-corrected chi connectivity index (χ3v) is 4.42. The number of hydrogen-bond acceptors (Lipinski definition) is 3. The number of nitrogens with zero attached hydrogens (tertiary/aromatic N) is 2. The Kier molecular flexibility index (Phi) is 6.81. The average molecular weight is 389 g/mol. The zero-order valence-electron chi connectivity index (χ0n) is 16.2. The highest BCUT2D eigenvalue weighted by Crippen LogP contribution is 2.29. The van der Waals surface area contributed by atoms with Gasteiger partial charge in [0.1, 0.15) is 17.4 Å². The highest BCUT2D eigenvalue weighted by Gasteiger charge is 2.17. The Hall–Kier alpha value is -2.67. The van der Waals surface area contributed by atoms with Gasteiger partial charge in [-0.1, -0.05) is 12.1 Å². The molecular weight excluding hydrogens is 364 g/mol. The predicted molar refractivity (Wildman–Crippen MR) is 104 cm³/mol. The number of halogens is 2. The summed E-state index contributed by atoms with van der Waals surface area (Å²) in [5.74, 6) is 0.888. The lowest BCUT2D eigenvalue weighted by Gasteiger charge is -2.23. The first kappa shape index (κ1) is 20.1. The van der Waals surface area contributed by atoms with Crippen molar-refractivity contribution in [2.75, 3.05) is 26.9 Å². The van der Waals surface area contributed by atoms with E-state index >= 15 is 0 Å². The summed E-state index contributed by atoms with van der Waals surface area (Å²) in [6.07, 6.45) is 0.555. The monoisotopic (exact) mass is 389 g/mol. The van der Waals surface area contributed by atoms with Gasteiger partial charge in [0.25, 0.3) is 0 Å². The maximum atomic E-state index is 13.9. The summed E-state index contributed by atoms with van der Waals surface area (Å²) in [5.41, 5.74) is 2.51. The van der Waals surface area contributed by atoms with Crippen LogP contribution in [0.3, 0.4) is 0 Å². The molecule has 5 nitrogen and oxygen atoms in total. The summed E-state index contributed by atoms with van der Waals surface area (Å²) in [6.45, 7) is 4.34. The molecule has 7 heteroatoms. The van der Waals surface area contributed by atoms with Gasteiger partial charge in [0.2, 0.25) is 0 Å². The second kappa shape index (κ2) is 9.50. The van der Waals surface area contributed by atoms with Crippen LogP contribution >= 0.6 is 0 Å². The third-order valence-electron chi connectivity index (χ3n) is 4.42. The molecule has 1 aliphatic rings. The molecule has 0 spiro atoms. The first-order valence-electron chi connectivity index (χ1n) is 9.32. The molecule has 28 heavy (non-hydrogen) atoms. The van der Waals surface area contributed by atoms with Crippen molar-refractivity contribution in [1.82, 2.24) is 10.2 Å². The Labute approximate surface area is 164 Å². The van der Waals surface area contributed by atoms with Crippen molar-refractivity contribution in [2.24, 2.45) is 4.99 Å².